The zero-order chi connectivity index (χ0) is 10.3. The average molecular weight is 239 g/mol. The topological polar surface area (TPSA) is 12.0 Å². The van der Waals surface area contributed by atoms with E-state index in [0.29, 0.717) is 6.04 Å². The van der Waals surface area contributed by atoms with Crippen molar-refractivity contribution in [1.29, 1.82) is 0 Å². The number of hydrogen-bond acceptors (Lipinski definition) is 3. The fourth-order valence-electron chi connectivity index (χ4n) is 1.64. The number of anilines is 1. The van der Waals surface area contributed by atoms with Crippen molar-refractivity contribution in [1.82, 2.24) is 0 Å². The molecule has 15 heavy (non-hydrogen) atoms. The molecule has 1 heterocycles. The number of hydrogen-bond donors (Lipinski definition) is 1. The molecule has 1 fully saturated rings. The van der Waals surface area contributed by atoms with E-state index in [9.17, 15) is 0 Å². The first kappa shape index (κ1) is 11.2. The monoisotopic (exact) mass is 239 g/mol. The van der Waals surface area contributed by atoms with E-state index in [-0.39, 0.29) is 0 Å². The molecule has 0 spiro atoms. The zero-order valence-electron chi connectivity index (χ0n) is 8.82. The van der Waals surface area contributed by atoms with Crippen molar-refractivity contribution < 1.29 is 0 Å². The molecule has 0 amide bonds. The molecule has 1 aliphatic rings. The number of benzene rings is 1. The van der Waals surface area contributed by atoms with Crippen LogP contribution in [0.15, 0.2) is 30.3 Å². The first-order valence-electron chi connectivity index (χ1n) is 5.42. The lowest BCUT2D eigenvalue weighted by Crippen LogP contribution is -2.24. The fourth-order valence-corrected chi connectivity index (χ4v) is 3.94. The minimum Gasteiger partial charge on any atom is -0.381 e. The summed E-state index contributed by atoms with van der Waals surface area (Å²) in [6.07, 6.45) is 1.28. The summed E-state index contributed by atoms with van der Waals surface area (Å²) in [5.41, 5.74) is 1.26. The lowest BCUT2D eigenvalue weighted by molar-refractivity contribution is 0.780. The van der Waals surface area contributed by atoms with Gasteiger partial charge in [0.05, 0.1) is 0 Å². The summed E-state index contributed by atoms with van der Waals surface area (Å²) in [5, 5.41) is 3.61. The SMILES string of the molecule is c1ccc(NC2CCSCCSC2)cc1. The van der Waals surface area contributed by atoms with Crippen LogP contribution in [0.25, 0.3) is 0 Å². The Morgan fingerprint density at radius 3 is 2.67 bits per heavy atom. The molecule has 3 heteroatoms. The van der Waals surface area contributed by atoms with Gasteiger partial charge in [-0.1, -0.05) is 18.2 Å². The van der Waals surface area contributed by atoms with Crippen molar-refractivity contribution in [3.05, 3.63) is 30.3 Å². The Kier molecular flexibility index (Phi) is 4.74. The van der Waals surface area contributed by atoms with Crippen molar-refractivity contribution in [2.24, 2.45) is 0 Å². The highest BCUT2D eigenvalue weighted by molar-refractivity contribution is 8.03. The molecule has 1 nitrogen and oxygen atoms in total. The van der Waals surface area contributed by atoms with Gasteiger partial charge in [-0.2, -0.15) is 23.5 Å². The van der Waals surface area contributed by atoms with Crippen LogP contribution in [0.2, 0.25) is 0 Å². The second-order valence-corrected chi connectivity index (χ2v) is 6.06. The molecule has 82 valence electrons. The lowest BCUT2D eigenvalue weighted by Gasteiger charge is -2.21. The van der Waals surface area contributed by atoms with Crippen molar-refractivity contribution in [3.8, 4) is 0 Å². The van der Waals surface area contributed by atoms with Gasteiger partial charge in [-0.3, -0.25) is 0 Å². The summed E-state index contributed by atoms with van der Waals surface area (Å²) in [5.74, 6) is 5.17. The minimum atomic E-state index is 0.644. The molecule has 0 radical (unpaired) electrons. The molecule has 1 aliphatic heterocycles. The maximum absolute atomic E-state index is 3.61. The van der Waals surface area contributed by atoms with E-state index in [1.807, 2.05) is 0 Å². The molecule has 1 N–H and O–H groups in total. The third-order valence-electron chi connectivity index (χ3n) is 2.45. The van der Waals surface area contributed by atoms with Crippen LogP contribution in [-0.2, 0) is 0 Å². The van der Waals surface area contributed by atoms with Gasteiger partial charge in [-0.15, -0.1) is 0 Å². The Hall–Kier alpha value is -0.280. The van der Waals surface area contributed by atoms with E-state index in [1.54, 1.807) is 0 Å². The second-order valence-electron chi connectivity index (χ2n) is 3.68. The highest BCUT2D eigenvalue weighted by Crippen LogP contribution is 2.19. The zero-order valence-corrected chi connectivity index (χ0v) is 10.4. The largest absolute Gasteiger partial charge is 0.381 e. The third-order valence-corrected chi connectivity index (χ3v) is 4.85. The van der Waals surface area contributed by atoms with Crippen molar-refractivity contribution in [2.45, 2.75) is 12.5 Å². The van der Waals surface area contributed by atoms with Gasteiger partial charge in [0.1, 0.15) is 0 Å². The van der Waals surface area contributed by atoms with Gasteiger partial charge in [-0.25, -0.2) is 0 Å². The summed E-state index contributed by atoms with van der Waals surface area (Å²) >= 11 is 4.16. The van der Waals surface area contributed by atoms with Crippen LogP contribution in [0.4, 0.5) is 5.69 Å². The Morgan fingerprint density at radius 2 is 1.80 bits per heavy atom. The molecule has 1 atom stereocenters. The summed E-state index contributed by atoms with van der Waals surface area (Å²) in [6.45, 7) is 0. The Labute approximate surface area is 100 Å². The molecule has 1 saturated heterocycles. The van der Waals surface area contributed by atoms with E-state index in [4.69, 9.17) is 0 Å². The van der Waals surface area contributed by atoms with Gasteiger partial charge < -0.3 is 5.32 Å². The number of rotatable bonds is 2. The van der Waals surface area contributed by atoms with E-state index in [2.05, 4.69) is 59.2 Å². The van der Waals surface area contributed by atoms with Gasteiger partial charge >= 0.3 is 0 Å². The van der Waals surface area contributed by atoms with Gasteiger partial charge in [-0.05, 0) is 24.3 Å². The van der Waals surface area contributed by atoms with Crippen LogP contribution >= 0.6 is 23.5 Å². The third kappa shape index (κ3) is 3.99. The van der Waals surface area contributed by atoms with Crippen LogP contribution in [0.5, 0.6) is 0 Å². The molecular formula is C12H17NS2. The maximum atomic E-state index is 3.61. The Balaban J connectivity index is 1.86. The number of nitrogens with one attached hydrogen (secondary N) is 1. The quantitative estimate of drug-likeness (QED) is 0.850. The first-order valence-corrected chi connectivity index (χ1v) is 7.73. The van der Waals surface area contributed by atoms with Gasteiger partial charge in [0, 0.05) is 29.0 Å². The van der Waals surface area contributed by atoms with Gasteiger partial charge in [0.15, 0.2) is 0 Å². The highest BCUT2D eigenvalue weighted by atomic mass is 32.2. The van der Waals surface area contributed by atoms with Crippen LogP contribution in [0.3, 0.4) is 0 Å². The van der Waals surface area contributed by atoms with Gasteiger partial charge in [0.2, 0.25) is 0 Å². The Bertz CT molecular complexity index is 268. The molecule has 0 bridgehead atoms. The summed E-state index contributed by atoms with van der Waals surface area (Å²) < 4.78 is 0. The van der Waals surface area contributed by atoms with Gasteiger partial charge in [0.25, 0.3) is 0 Å². The molecule has 1 unspecified atom stereocenters. The van der Waals surface area contributed by atoms with E-state index < -0.39 is 0 Å². The van der Waals surface area contributed by atoms with Crippen molar-refractivity contribution >= 4 is 29.2 Å². The summed E-state index contributed by atoms with van der Waals surface area (Å²) in [4.78, 5) is 0. The average Bonchev–Trinajstić information content (AvgIpc) is 2.23. The minimum absolute atomic E-state index is 0.644. The summed E-state index contributed by atoms with van der Waals surface area (Å²) in [7, 11) is 0. The molecule has 1 aromatic rings. The van der Waals surface area contributed by atoms with Crippen LogP contribution in [-0.4, -0.2) is 29.1 Å². The van der Waals surface area contributed by atoms with Crippen molar-refractivity contribution in [2.75, 3.05) is 28.3 Å². The predicted octanol–water partition coefficient (Wildman–Crippen LogP) is 3.34. The molecule has 1 aromatic carbocycles. The molecular weight excluding hydrogens is 222 g/mol. The van der Waals surface area contributed by atoms with Crippen LogP contribution < -0.4 is 5.32 Å². The first-order chi connectivity index (χ1) is 7.45. The van der Waals surface area contributed by atoms with E-state index in [0.717, 1.165) is 0 Å². The standard InChI is InChI=1S/C12H17NS2/c1-2-4-11(5-3-1)13-12-6-7-14-8-9-15-10-12/h1-5,12-13H,6-10H2. The summed E-state index contributed by atoms with van der Waals surface area (Å²) in [6, 6.07) is 11.2. The Morgan fingerprint density at radius 1 is 1.00 bits per heavy atom. The number of thioether (sulfide) groups is 2. The van der Waals surface area contributed by atoms with Crippen molar-refractivity contribution in [3.63, 3.8) is 0 Å². The van der Waals surface area contributed by atoms with Crippen LogP contribution in [0, 0.1) is 0 Å². The molecule has 0 aromatic heterocycles. The number of para-hydroxylation sites is 1. The molecule has 0 saturated carbocycles. The maximum Gasteiger partial charge on any atom is 0.0359 e. The lowest BCUT2D eigenvalue weighted by atomic mass is 10.2. The van der Waals surface area contributed by atoms with Crippen LogP contribution in [0.1, 0.15) is 6.42 Å². The second kappa shape index (κ2) is 6.33. The smallest absolute Gasteiger partial charge is 0.0359 e. The predicted molar refractivity (Wildman–Crippen MR) is 73.1 cm³/mol. The van der Waals surface area contributed by atoms with E-state index in [1.165, 1.54) is 35.1 Å². The fraction of sp³-hybridized carbons (Fsp3) is 0.500. The molecule has 2 rings (SSSR count). The van der Waals surface area contributed by atoms with E-state index >= 15 is 0 Å². The molecule has 0 aliphatic carbocycles. The normalized spacial score (nSPS) is 22.8. The highest BCUT2D eigenvalue weighted by Gasteiger charge is 2.10.